The molecule has 0 aliphatic carbocycles. The fourth-order valence-corrected chi connectivity index (χ4v) is 3.40. The van der Waals surface area contributed by atoms with Gasteiger partial charge in [-0.3, -0.25) is 0 Å². The van der Waals surface area contributed by atoms with Crippen molar-refractivity contribution in [2.24, 2.45) is 0 Å². The van der Waals surface area contributed by atoms with Gasteiger partial charge < -0.3 is 16.4 Å². The van der Waals surface area contributed by atoms with Crippen molar-refractivity contribution < 1.29 is 8.42 Å². The zero-order valence-electron chi connectivity index (χ0n) is 10.2. The molecule has 0 aromatic carbocycles. The number of sulfone groups is 1. The SMILES string of the molecule is CNc1cc(NC2CCS(=O)(=O)CC2)nc(N)n1. The minimum absolute atomic E-state index is 0.118. The van der Waals surface area contributed by atoms with Gasteiger partial charge in [0.15, 0.2) is 0 Å². The van der Waals surface area contributed by atoms with E-state index in [4.69, 9.17) is 5.73 Å². The standard InChI is InChI=1S/C10H17N5O2S/c1-12-8-6-9(15-10(11)14-8)13-7-2-4-18(16,17)5-3-7/h6-7H,2-5H2,1H3,(H4,11,12,13,14,15). The number of hydrogen-bond acceptors (Lipinski definition) is 7. The Morgan fingerprint density at radius 1 is 1.28 bits per heavy atom. The van der Waals surface area contributed by atoms with E-state index in [-0.39, 0.29) is 23.5 Å². The molecule has 1 saturated heterocycles. The molecule has 0 unspecified atom stereocenters. The third-order valence-electron chi connectivity index (χ3n) is 2.91. The molecule has 0 atom stereocenters. The first-order chi connectivity index (χ1) is 8.48. The van der Waals surface area contributed by atoms with Crippen molar-refractivity contribution in [3.8, 4) is 0 Å². The van der Waals surface area contributed by atoms with Crippen molar-refractivity contribution >= 4 is 27.4 Å². The molecule has 2 rings (SSSR count). The summed E-state index contributed by atoms with van der Waals surface area (Å²) in [5.74, 6) is 1.89. The summed E-state index contributed by atoms with van der Waals surface area (Å²) >= 11 is 0. The average Bonchev–Trinajstić information content (AvgIpc) is 2.31. The Kier molecular flexibility index (Phi) is 3.55. The summed E-state index contributed by atoms with van der Waals surface area (Å²) in [5.41, 5.74) is 5.59. The van der Waals surface area contributed by atoms with Crippen molar-refractivity contribution in [1.82, 2.24) is 9.97 Å². The highest BCUT2D eigenvalue weighted by Crippen LogP contribution is 2.18. The van der Waals surface area contributed by atoms with E-state index in [1.807, 2.05) is 0 Å². The second kappa shape index (κ2) is 4.97. The van der Waals surface area contributed by atoms with Gasteiger partial charge in [0.25, 0.3) is 0 Å². The van der Waals surface area contributed by atoms with Crippen LogP contribution < -0.4 is 16.4 Å². The Morgan fingerprint density at radius 3 is 2.50 bits per heavy atom. The highest BCUT2D eigenvalue weighted by molar-refractivity contribution is 7.91. The molecule has 4 N–H and O–H groups in total. The normalized spacial score (nSPS) is 19.4. The molecule has 8 heteroatoms. The predicted octanol–water partition coefficient (Wildman–Crippen LogP) is 0.0896. The zero-order valence-corrected chi connectivity index (χ0v) is 11.0. The maximum absolute atomic E-state index is 11.3. The number of nitrogen functional groups attached to an aromatic ring is 1. The maximum atomic E-state index is 11.3. The first-order valence-electron chi connectivity index (χ1n) is 5.78. The van der Waals surface area contributed by atoms with E-state index in [1.165, 1.54) is 0 Å². The number of nitrogens with one attached hydrogen (secondary N) is 2. The van der Waals surface area contributed by atoms with E-state index >= 15 is 0 Å². The lowest BCUT2D eigenvalue weighted by Gasteiger charge is -2.23. The molecule has 18 heavy (non-hydrogen) atoms. The predicted molar refractivity (Wildman–Crippen MR) is 71.3 cm³/mol. The first kappa shape index (κ1) is 12.9. The van der Waals surface area contributed by atoms with Gasteiger partial charge in [-0.25, -0.2) is 8.42 Å². The molecule has 7 nitrogen and oxygen atoms in total. The van der Waals surface area contributed by atoms with Crippen LogP contribution >= 0.6 is 0 Å². The smallest absolute Gasteiger partial charge is 0.223 e. The van der Waals surface area contributed by atoms with E-state index in [2.05, 4.69) is 20.6 Å². The molecule has 100 valence electrons. The summed E-state index contributed by atoms with van der Waals surface area (Å²) in [4.78, 5) is 8.07. The van der Waals surface area contributed by atoms with Gasteiger partial charge in [0.2, 0.25) is 5.95 Å². The Morgan fingerprint density at radius 2 is 1.89 bits per heavy atom. The van der Waals surface area contributed by atoms with Crippen LogP contribution in [-0.4, -0.2) is 43.0 Å². The number of rotatable bonds is 3. The summed E-state index contributed by atoms with van der Waals surface area (Å²) in [6.45, 7) is 0. The van der Waals surface area contributed by atoms with Gasteiger partial charge in [-0.05, 0) is 12.8 Å². The molecular weight excluding hydrogens is 254 g/mol. The Bertz CT molecular complexity index is 517. The number of anilines is 3. The lowest BCUT2D eigenvalue weighted by molar-refractivity contribution is 0.559. The molecule has 0 bridgehead atoms. The van der Waals surface area contributed by atoms with Gasteiger partial charge in [-0.15, -0.1) is 0 Å². The average molecular weight is 271 g/mol. The Labute approximate surface area is 106 Å². The second-order valence-corrected chi connectivity index (χ2v) is 6.62. The van der Waals surface area contributed by atoms with Crippen LogP contribution in [0.3, 0.4) is 0 Å². The highest BCUT2D eigenvalue weighted by Gasteiger charge is 2.23. The van der Waals surface area contributed by atoms with Gasteiger partial charge >= 0.3 is 0 Å². The molecule has 0 spiro atoms. The number of nitrogens with zero attached hydrogens (tertiary/aromatic N) is 2. The van der Waals surface area contributed by atoms with Crippen LogP contribution in [0.1, 0.15) is 12.8 Å². The molecular formula is C10H17N5O2S. The van der Waals surface area contributed by atoms with Crippen LogP contribution in [0.15, 0.2) is 6.07 Å². The summed E-state index contributed by atoms with van der Waals surface area (Å²) in [6.07, 6.45) is 1.20. The van der Waals surface area contributed by atoms with E-state index in [1.54, 1.807) is 13.1 Å². The summed E-state index contributed by atoms with van der Waals surface area (Å²) in [7, 11) is -1.09. The minimum atomic E-state index is -2.84. The van der Waals surface area contributed by atoms with Crippen LogP contribution in [0.5, 0.6) is 0 Å². The molecule has 1 fully saturated rings. The van der Waals surface area contributed by atoms with Crippen molar-refractivity contribution in [3.05, 3.63) is 6.07 Å². The van der Waals surface area contributed by atoms with Gasteiger partial charge in [0, 0.05) is 19.2 Å². The number of aromatic nitrogens is 2. The van der Waals surface area contributed by atoms with Crippen LogP contribution in [0.4, 0.5) is 17.6 Å². The largest absolute Gasteiger partial charge is 0.373 e. The van der Waals surface area contributed by atoms with Crippen molar-refractivity contribution in [1.29, 1.82) is 0 Å². The number of hydrogen-bond donors (Lipinski definition) is 3. The minimum Gasteiger partial charge on any atom is -0.373 e. The molecule has 1 aromatic rings. The molecule has 1 aliphatic rings. The topological polar surface area (TPSA) is 110 Å². The monoisotopic (exact) mass is 271 g/mol. The third-order valence-corrected chi connectivity index (χ3v) is 4.62. The molecule has 1 aliphatic heterocycles. The third kappa shape index (κ3) is 3.22. The lowest BCUT2D eigenvalue weighted by atomic mass is 10.1. The second-order valence-electron chi connectivity index (χ2n) is 4.32. The van der Waals surface area contributed by atoms with Crippen molar-refractivity contribution in [2.75, 3.05) is 34.9 Å². The van der Waals surface area contributed by atoms with Crippen LogP contribution in [-0.2, 0) is 9.84 Å². The number of nitrogens with two attached hydrogens (primary N) is 1. The van der Waals surface area contributed by atoms with Crippen LogP contribution in [0.2, 0.25) is 0 Å². The lowest BCUT2D eigenvalue weighted by Crippen LogP contribution is -2.32. The van der Waals surface area contributed by atoms with E-state index in [0.717, 1.165) is 0 Å². The van der Waals surface area contributed by atoms with Gasteiger partial charge in [-0.1, -0.05) is 0 Å². The van der Waals surface area contributed by atoms with E-state index in [9.17, 15) is 8.42 Å². The molecule has 0 radical (unpaired) electrons. The van der Waals surface area contributed by atoms with Gasteiger partial charge in [-0.2, -0.15) is 9.97 Å². The molecule has 2 heterocycles. The highest BCUT2D eigenvalue weighted by atomic mass is 32.2. The van der Waals surface area contributed by atoms with Gasteiger partial charge in [0.05, 0.1) is 11.5 Å². The summed E-state index contributed by atoms with van der Waals surface area (Å²) < 4.78 is 22.6. The van der Waals surface area contributed by atoms with E-state index in [0.29, 0.717) is 24.5 Å². The van der Waals surface area contributed by atoms with Crippen LogP contribution in [0, 0.1) is 0 Å². The van der Waals surface area contributed by atoms with Crippen LogP contribution in [0.25, 0.3) is 0 Å². The fourth-order valence-electron chi connectivity index (χ4n) is 1.91. The van der Waals surface area contributed by atoms with Crippen molar-refractivity contribution in [2.45, 2.75) is 18.9 Å². The first-order valence-corrected chi connectivity index (χ1v) is 7.60. The molecule has 0 saturated carbocycles. The summed E-state index contributed by atoms with van der Waals surface area (Å²) in [6, 6.07) is 1.87. The Hall–Kier alpha value is -1.57. The molecule has 0 amide bonds. The quantitative estimate of drug-likeness (QED) is 0.714. The van der Waals surface area contributed by atoms with Gasteiger partial charge in [0.1, 0.15) is 21.5 Å². The maximum Gasteiger partial charge on any atom is 0.223 e. The van der Waals surface area contributed by atoms with E-state index < -0.39 is 9.84 Å². The summed E-state index contributed by atoms with van der Waals surface area (Å²) in [5, 5.41) is 6.09. The molecule has 1 aromatic heterocycles. The Balaban J connectivity index is 2.04. The van der Waals surface area contributed by atoms with Crippen molar-refractivity contribution in [3.63, 3.8) is 0 Å². The zero-order chi connectivity index (χ0) is 13.2. The fraction of sp³-hybridized carbons (Fsp3) is 0.600.